The number of aryl methyl sites for hydroxylation is 2. The quantitative estimate of drug-likeness (QED) is 0.227. The highest BCUT2D eigenvalue weighted by Gasteiger charge is 2.45. The number of nitrogens with zero attached hydrogens (tertiary/aromatic N) is 5. The number of methoxy groups -OCH3 is 1. The van der Waals surface area contributed by atoms with Crippen molar-refractivity contribution in [2.24, 2.45) is 14.1 Å². The van der Waals surface area contributed by atoms with Crippen LogP contribution in [-0.2, 0) is 25.3 Å². The molecule has 2 aromatic carbocycles. The number of pyridine rings is 2. The van der Waals surface area contributed by atoms with Gasteiger partial charge in [0.15, 0.2) is 0 Å². The fraction of sp³-hybridized carbons (Fsp3) is 0.359. The largest absolute Gasteiger partial charge is 0.481 e. The lowest BCUT2D eigenvalue weighted by atomic mass is 9.88. The molecule has 2 aliphatic heterocycles. The number of carbonyl (C=O) groups excluding carboxylic acids is 1. The number of hydrogen-bond acceptors (Lipinski definition) is 8. The molecule has 1 aliphatic carbocycles. The number of rotatable bonds is 6. The van der Waals surface area contributed by atoms with Gasteiger partial charge in [0.2, 0.25) is 11.8 Å². The lowest BCUT2D eigenvalue weighted by molar-refractivity contribution is -0.125. The number of hydrogen-bond donors (Lipinski definition) is 2. The first-order valence-electron chi connectivity index (χ1n) is 17.4. The van der Waals surface area contributed by atoms with Gasteiger partial charge in [0.25, 0.3) is 5.56 Å². The van der Waals surface area contributed by atoms with E-state index >= 15 is 0 Å². The molecule has 0 bridgehead atoms. The molecule has 8 rings (SSSR count). The van der Waals surface area contributed by atoms with Crippen molar-refractivity contribution in [3.05, 3.63) is 97.3 Å². The fourth-order valence-corrected chi connectivity index (χ4v) is 8.80. The van der Waals surface area contributed by atoms with E-state index in [2.05, 4.69) is 26.6 Å². The minimum atomic E-state index is -0.418. The average molecular weight is 706 g/mol. The predicted molar refractivity (Wildman–Crippen MR) is 199 cm³/mol. The number of nitrogens with one attached hydrogen (secondary N) is 2. The molecule has 0 radical (unpaired) electrons. The number of likely N-dealkylation sites (tertiary alicyclic amines) is 1. The van der Waals surface area contributed by atoms with E-state index in [1.54, 1.807) is 26.4 Å². The molecular formula is C39H40ClN7O4. The maximum atomic E-state index is 13.2. The Balaban J connectivity index is 1.12. The Hall–Kier alpha value is -5.00. The van der Waals surface area contributed by atoms with E-state index in [0.717, 1.165) is 89.0 Å². The standard InChI is InChI=1S/C39H40ClN7O4/c1-22-24(8-6-11-27(22)42-35-33-29(15-18-41-35)45(2)38(50)46(3)37(33)49)25-9-5-10-26(34(25)40)28-20-23-13-14-30(32(23)36(43-28)51-4)47-19-17-39(21-47)16-7-12-31(48)44-39/h5-6,8-11,15,18,20,30H,7,12-14,16-17,19,21H2,1-4H3,(H,41,42)(H,44,48)/t30-,39-/m0/s1. The number of aromatic nitrogens is 4. The number of anilines is 2. The summed E-state index contributed by atoms with van der Waals surface area (Å²) in [5, 5.41) is 7.58. The van der Waals surface area contributed by atoms with Gasteiger partial charge in [0, 0.05) is 68.2 Å². The highest BCUT2D eigenvalue weighted by molar-refractivity contribution is 6.36. The van der Waals surface area contributed by atoms with E-state index in [-0.39, 0.29) is 17.5 Å². The zero-order chi connectivity index (χ0) is 35.6. The molecule has 51 heavy (non-hydrogen) atoms. The second-order valence-electron chi connectivity index (χ2n) is 14.1. The molecule has 5 aromatic rings. The smallest absolute Gasteiger partial charge is 0.330 e. The summed E-state index contributed by atoms with van der Waals surface area (Å²) in [5.41, 5.74) is 6.89. The summed E-state index contributed by atoms with van der Waals surface area (Å²) in [4.78, 5) is 50.1. The van der Waals surface area contributed by atoms with Gasteiger partial charge >= 0.3 is 5.69 Å². The number of carbonyl (C=O) groups is 1. The van der Waals surface area contributed by atoms with Crippen molar-refractivity contribution in [2.45, 2.75) is 57.0 Å². The summed E-state index contributed by atoms with van der Waals surface area (Å²) >= 11 is 7.25. The Labute approximate surface area is 300 Å². The first-order valence-corrected chi connectivity index (χ1v) is 17.8. The Morgan fingerprint density at radius 2 is 1.78 bits per heavy atom. The zero-order valence-electron chi connectivity index (χ0n) is 29.2. The van der Waals surface area contributed by atoms with Gasteiger partial charge in [0.05, 0.1) is 28.9 Å². The number of fused-ring (bicyclic) bond motifs is 2. The molecule has 262 valence electrons. The second-order valence-corrected chi connectivity index (χ2v) is 14.5. The van der Waals surface area contributed by atoms with Crippen LogP contribution in [0, 0.1) is 6.92 Å². The molecule has 12 heteroatoms. The molecule has 2 fully saturated rings. The first-order chi connectivity index (χ1) is 24.6. The van der Waals surface area contributed by atoms with Crippen LogP contribution >= 0.6 is 11.6 Å². The van der Waals surface area contributed by atoms with Gasteiger partial charge in [-0.2, -0.15) is 0 Å². The second kappa shape index (κ2) is 12.6. The SMILES string of the molecule is COc1nc(-c2cccc(-c3cccc(Nc4nccc5c4c(=O)n(C)c(=O)n5C)c3C)c2Cl)cc2c1[C@@H](N1CC[C@@]3(CCCC(=O)N3)C1)CC2. The van der Waals surface area contributed by atoms with Gasteiger partial charge in [-0.05, 0) is 73.9 Å². The Morgan fingerprint density at radius 1 is 1.00 bits per heavy atom. The van der Waals surface area contributed by atoms with Crippen molar-refractivity contribution in [3.63, 3.8) is 0 Å². The van der Waals surface area contributed by atoms with Crippen LogP contribution in [0.3, 0.4) is 0 Å². The van der Waals surface area contributed by atoms with Crippen LogP contribution < -0.4 is 26.6 Å². The van der Waals surface area contributed by atoms with Crippen LogP contribution in [0.1, 0.15) is 54.8 Å². The topological polar surface area (TPSA) is 123 Å². The van der Waals surface area contributed by atoms with E-state index < -0.39 is 11.2 Å². The summed E-state index contributed by atoms with van der Waals surface area (Å²) in [6, 6.07) is 15.9. The van der Waals surface area contributed by atoms with Crippen molar-refractivity contribution >= 4 is 39.9 Å². The summed E-state index contributed by atoms with van der Waals surface area (Å²) in [5.74, 6) is 1.15. The van der Waals surface area contributed by atoms with E-state index in [4.69, 9.17) is 21.3 Å². The normalized spacial score (nSPS) is 20.2. The zero-order valence-corrected chi connectivity index (χ0v) is 29.9. The monoisotopic (exact) mass is 705 g/mol. The maximum absolute atomic E-state index is 13.2. The van der Waals surface area contributed by atoms with E-state index in [9.17, 15) is 14.4 Å². The average Bonchev–Trinajstić information content (AvgIpc) is 3.74. The molecule has 0 saturated carbocycles. The molecule has 1 amide bonds. The van der Waals surface area contributed by atoms with Crippen molar-refractivity contribution in [1.82, 2.24) is 29.3 Å². The number of ether oxygens (including phenoxy) is 1. The third-order valence-corrected chi connectivity index (χ3v) is 11.6. The summed E-state index contributed by atoms with van der Waals surface area (Å²) in [6.45, 7) is 3.78. The van der Waals surface area contributed by atoms with Gasteiger partial charge in [-0.15, -0.1) is 0 Å². The van der Waals surface area contributed by atoms with Crippen LogP contribution in [0.2, 0.25) is 5.02 Å². The summed E-state index contributed by atoms with van der Waals surface area (Å²) in [6.07, 6.45) is 7.03. The lowest BCUT2D eigenvalue weighted by Crippen LogP contribution is -2.53. The number of halogens is 1. The van der Waals surface area contributed by atoms with Gasteiger partial charge in [0.1, 0.15) is 11.2 Å². The Kier molecular flexibility index (Phi) is 8.22. The minimum Gasteiger partial charge on any atom is -0.481 e. The minimum absolute atomic E-state index is 0.125. The van der Waals surface area contributed by atoms with Crippen LogP contribution in [0.15, 0.2) is 64.3 Å². The number of amides is 1. The Morgan fingerprint density at radius 3 is 2.59 bits per heavy atom. The summed E-state index contributed by atoms with van der Waals surface area (Å²) < 4.78 is 8.50. The van der Waals surface area contributed by atoms with E-state index in [1.165, 1.54) is 17.2 Å². The third-order valence-electron chi connectivity index (χ3n) is 11.1. The van der Waals surface area contributed by atoms with E-state index in [0.29, 0.717) is 34.0 Å². The molecule has 1 spiro atoms. The van der Waals surface area contributed by atoms with Crippen LogP contribution in [0.5, 0.6) is 5.88 Å². The van der Waals surface area contributed by atoms with Crippen molar-refractivity contribution in [2.75, 3.05) is 25.5 Å². The molecule has 11 nitrogen and oxygen atoms in total. The molecule has 2 saturated heterocycles. The van der Waals surface area contributed by atoms with Gasteiger partial charge in [-0.1, -0.05) is 41.9 Å². The van der Waals surface area contributed by atoms with Crippen molar-refractivity contribution in [3.8, 4) is 28.3 Å². The molecule has 2 N–H and O–H groups in total. The highest BCUT2D eigenvalue weighted by atomic mass is 35.5. The molecular weight excluding hydrogens is 666 g/mol. The summed E-state index contributed by atoms with van der Waals surface area (Å²) in [7, 11) is 4.78. The lowest BCUT2D eigenvalue weighted by Gasteiger charge is -2.35. The maximum Gasteiger partial charge on any atom is 0.330 e. The van der Waals surface area contributed by atoms with Crippen LogP contribution in [0.25, 0.3) is 33.3 Å². The number of benzene rings is 2. The molecule has 2 atom stereocenters. The van der Waals surface area contributed by atoms with Crippen LogP contribution in [-0.4, -0.2) is 55.6 Å². The fourth-order valence-electron chi connectivity index (χ4n) is 8.47. The van der Waals surface area contributed by atoms with Gasteiger partial charge < -0.3 is 15.4 Å². The van der Waals surface area contributed by atoms with Crippen molar-refractivity contribution in [1.29, 1.82) is 0 Å². The van der Waals surface area contributed by atoms with E-state index in [1.807, 2.05) is 43.3 Å². The molecule has 5 heterocycles. The van der Waals surface area contributed by atoms with Crippen molar-refractivity contribution < 1.29 is 9.53 Å². The Bertz CT molecular complexity index is 2370. The molecule has 3 aromatic heterocycles. The van der Waals surface area contributed by atoms with Gasteiger partial charge in [-0.25, -0.2) is 14.8 Å². The molecule has 3 aliphatic rings. The third kappa shape index (κ3) is 5.50. The predicted octanol–water partition coefficient (Wildman–Crippen LogP) is 5.81. The van der Waals surface area contributed by atoms with Gasteiger partial charge in [-0.3, -0.25) is 23.6 Å². The molecule has 0 unspecified atom stereocenters. The number of piperidine rings is 1. The highest BCUT2D eigenvalue weighted by Crippen LogP contribution is 2.47. The first kappa shape index (κ1) is 33.2. The van der Waals surface area contributed by atoms with Crippen LogP contribution in [0.4, 0.5) is 11.5 Å².